The van der Waals surface area contributed by atoms with E-state index in [9.17, 15) is 0 Å². The molecule has 3 aromatic carbocycles. The lowest BCUT2D eigenvalue weighted by Crippen LogP contribution is -1.99. The SMILES string of the molecule is C=CCOc1nn(-c2ccccc2)c2c(OC)c3ccccc3c(OC)c12. The monoisotopic (exact) mass is 360 g/mol. The molecule has 0 unspecified atom stereocenters. The van der Waals surface area contributed by atoms with E-state index >= 15 is 0 Å². The number of para-hydroxylation sites is 1. The van der Waals surface area contributed by atoms with Gasteiger partial charge in [-0.1, -0.05) is 55.1 Å². The predicted octanol–water partition coefficient (Wildman–Crippen LogP) is 4.76. The van der Waals surface area contributed by atoms with Crippen molar-refractivity contribution >= 4 is 21.7 Å². The second kappa shape index (κ2) is 7.03. The molecule has 4 aromatic rings. The van der Waals surface area contributed by atoms with Gasteiger partial charge in [-0.2, -0.15) is 0 Å². The maximum Gasteiger partial charge on any atom is 0.245 e. The Kier molecular flexibility index (Phi) is 4.42. The van der Waals surface area contributed by atoms with Crippen LogP contribution in [0.4, 0.5) is 0 Å². The maximum absolute atomic E-state index is 5.88. The van der Waals surface area contributed by atoms with Gasteiger partial charge in [0.25, 0.3) is 0 Å². The first-order chi connectivity index (χ1) is 13.3. The molecule has 0 atom stereocenters. The van der Waals surface area contributed by atoms with Crippen molar-refractivity contribution in [2.75, 3.05) is 20.8 Å². The van der Waals surface area contributed by atoms with Crippen LogP contribution in [0.3, 0.4) is 0 Å². The van der Waals surface area contributed by atoms with E-state index in [4.69, 9.17) is 19.3 Å². The first-order valence-corrected chi connectivity index (χ1v) is 8.64. The van der Waals surface area contributed by atoms with Crippen LogP contribution in [0.5, 0.6) is 17.4 Å². The Labute approximate surface area is 157 Å². The highest BCUT2D eigenvalue weighted by Gasteiger charge is 2.25. The molecular formula is C22H20N2O3. The fourth-order valence-electron chi connectivity index (χ4n) is 3.37. The lowest BCUT2D eigenvalue weighted by Gasteiger charge is -2.14. The van der Waals surface area contributed by atoms with Gasteiger partial charge in [0.15, 0.2) is 5.75 Å². The van der Waals surface area contributed by atoms with Crippen molar-refractivity contribution in [2.24, 2.45) is 0 Å². The lowest BCUT2D eigenvalue weighted by atomic mass is 10.0. The Morgan fingerprint density at radius 3 is 2.19 bits per heavy atom. The number of hydrogen-bond acceptors (Lipinski definition) is 4. The normalized spacial score (nSPS) is 10.9. The Morgan fingerprint density at radius 2 is 1.56 bits per heavy atom. The van der Waals surface area contributed by atoms with Gasteiger partial charge in [0.1, 0.15) is 23.3 Å². The van der Waals surface area contributed by atoms with Crippen LogP contribution in [-0.2, 0) is 0 Å². The summed E-state index contributed by atoms with van der Waals surface area (Å²) in [6.07, 6.45) is 1.69. The van der Waals surface area contributed by atoms with Crippen molar-refractivity contribution in [3.8, 4) is 23.1 Å². The third kappa shape index (κ3) is 2.68. The fourth-order valence-corrected chi connectivity index (χ4v) is 3.37. The van der Waals surface area contributed by atoms with Crippen LogP contribution < -0.4 is 14.2 Å². The van der Waals surface area contributed by atoms with E-state index in [-0.39, 0.29) is 0 Å². The Bertz CT molecular complexity index is 1120. The van der Waals surface area contributed by atoms with Crippen LogP contribution >= 0.6 is 0 Å². The highest BCUT2D eigenvalue weighted by atomic mass is 16.5. The largest absolute Gasteiger partial charge is 0.495 e. The highest BCUT2D eigenvalue weighted by molar-refractivity contribution is 6.12. The predicted molar refractivity (Wildman–Crippen MR) is 107 cm³/mol. The molecule has 0 spiro atoms. The smallest absolute Gasteiger partial charge is 0.245 e. The minimum absolute atomic E-state index is 0.346. The van der Waals surface area contributed by atoms with Gasteiger partial charge in [-0.3, -0.25) is 0 Å². The van der Waals surface area contributed by atoms with Gasteiger partial charge in [0, 0.05) is 10.8 Å². The van der Waals surface area contributed by atoms with Crippen LogP contribution in [-0.4, -0.2) is 30.6 Å². The number of aromatic nitrogens is 2. The zero-order valence-corrected chi connectivity index (χ0v) is 15.3. The van der Waals surface area contributed by atoms with E-state index in [1.807, 2.05) is 59.3 Å². The summed E-state index contributed by atoms with van der Waals surface area (Å²) in [6, 6.07) is 17.9. The second-order valence-corrected chi connectivity index (χ2v) is 5.99. The molecule has 0 aliphatic heterocycles. The number of ether oxygens (including phenoxy) is 3. The molecule has 0 amide bonds. The Hall–Kier alpha value is -3.47. The molecule has 0 fully saturated rings. The molecule has 5 nitrogen and oxygen atoms in total. The Balaban J connectivity index is 2.19. The molecular weight excluding hydrogens is 340 g/mol. The first-order valence-electron chi connectivity index (χ1n) is 8.64. The number of fused-ring (bicyclic) bond motifs is 2. The molecule has 0 saturated carbocycles. The average Bonchev–Trinajstić information content (AvgIpc) is 3.10. The number of hydrogen-bond donors (Lipinski definition) is 0. The molecule has 0 aliphatic rings. The molecule has 0 aliphatic carbocycles. The minimum Gasteiger partial charge on any atom is -0.495 e. The van der Waals surface area contributed by atoms with Crippen LogP contribution in [0.25, 0.3) is 27.4 Å². The van der Waals surface area contributed by atoms with Gasteiger partial charge in [-0.05, 0) is 12.1 Å². The van der Waals surface area contributed by atoms with E-state index in [2.05, 4.69) is 6.58 Å². The topological polar surface area (TPSA) is 45.5 Å². The van der Waals surface area contributed by atoms with Gasteiger partial charge in [-0.25, -0.2) is 4.68 Å². The van der Waals surface area contributed by atoms with Crippen LogP contribution in [0.15, 0.2) is 67.3 Å². The van der Waals surface area contributed by atoms with Crippen molar-refractivity contribution in [1.82, 2.24) is 9.78 Å². The van der Waals surface area contributed by atoms with Crippen LogP contribution in [0.2, 0.25) is 0 Å². The van der Waals surface area contributed by atoms with E-state index in [0.717, 1.165) is 33.1 Å². The summed E-state index contributed by atoms with van der Waals surface area (Å²) in [6.45, 7) is 4.08. The maximum atomic E-state index is 5.88. The summed E-state index contributed by atoms with van der Waals surface area (Å²) >= 11 is 0. The second-order valence-electron chi connectivity index (χ2n) is 5.99. The highest BCUT2D eigenvalue weighted by Crippen LogP contribution is 2.46. The van der Waals surface area contributed by atoms with Crippen molar-refractivity contribution in [3.63, 3.8) is 0 Å². The van der Waals surface area contributed by atoms with Crippen molar-refractivity contribution in [1.29, 1.82) is 0 Å². The molecule has 0 bridgehead atoms. The van der Waals surface area contributed by atoms with Crippen LogP contribution in [0, 0.1) is 0 Å². The molecule has 27 heavy (non-hydrogen) atoms. The van der Waals surface area contributed by atoms with E-state index < -0.39 is 0 Å². The molecule has 0 radical (unpaired) electrons. The van der Waals surface area contributed by atoms with E-state index in [1.165, 1.54) is 0 Å². The van der Waals surface area contributed by atoms with Crippen molar-refractivity contribution in [2.45, 2.75) is 0 Å². The average molecular weight is 360 g/mol. The molecule has 4 rings (SSSR count). The summed E-state index contributed by atoms with van der Waals surface area (Å²) < 4.78 is 19.3. The van der Waals surface area contributed by atoms with Gasteiger partial charge in [0.05, 0.1) is 19.9 Å². The first kappa shape index (κ1) is 17.0. The molecule has 0 saturated heterocycles. The molecule has 136 valence electrons. The third-order valence-corrected chi connectivity index (χ3v) is 4.46. The summed E-state index contributed by atoms with van der Waals surface area (Å²) in [4.78, 5) is 0. The molecule has 0 N–H and O–H groups in total. The zero-order valence-electron chi connectivity index (χ0n) is 15.3. The summed E-state index contributed by atoms with van der Waals surface area (Å²) in [5.74, 6) is 1.92. The quantitative estimate of drug-likeness (QED) is 0.465. The molecule has 5 heteroatoms. The van der Waals surface area contributed by atoms with Gasteiger partial charge < -0.3 is 14.2 Å². The standard InChI is InChI=1S/C22H20N2O3/c1-4-14-27-22-18-19(24(23-22)15-10-6-5-7-11-15)21(26-3)17-13-9-8-12-16(17)20(18)25-2/h4-13H,1,14H2,2-3H3. The van der Waals surface area contributed by atoms with Gasteiger partial charge in [0.2, 0.25) is 5.88 Å². The van der Waals surface area contributed by atoms with Gasteiger partial charge in [-0.15, -0.1) is 5.10 Å². The summed E-state index contributed by atoms with van der Waals surface area (Å²) in [7, 11) is 3.32. The minimum atomic E-state index is 0.346. The van der Waals surface area contributed by atoms with E-state index in [0.29, 0.717) is 18.2 Å². The zero-order chi connectivity index (χ0) is 18.8. The number of methoxy groups -OCH3 is 2. The van der Waals surface area contributed by atoms with Gasteiger partial charge >= 0.3 is 0 Å². The lowest BCUT2D eigenvalue weighted by molar-refractivity contribution is 0.347. The number of rotatable bonds is 6. The fraction of sp³-hybridized carbons (Fsp3) is 0.136. The molecule has 1 aromatic heterocycles. The molecule has 1 heterocycles. The number of nitrogens with zero attached hydrogens (tertiary/aromatic N) is 2. The van der Waals surface area contributed by atoms with Crippen molar-refractivity contribution in [3.05, 3.63) is 67.3 Å². The summed E-state index contributed by atoms with van der Waals surface area (Å²) in [5.41, 5.74) is 1.71. The number of benzene rings is 3. The van der Waals surface area contributed by atoms with E-state index in [1.54, 1.807) is 20.3 Å². The van der Waals surface area contributed by atoms with Crippen molar-refractivity contribution < 1.29 is 14.2 Å². The summed E-state index contributed by atoms with van der Waals surface area (Å²) in [5, 5.41) is 7.40. The van der Waals surface area contributed by atoms with Crippen LogP contribution in [0.1, 0.15) is 0 Å². The Morgan fingerprint density at radius 1 is 0.926 bits per heavy atom. The third-order valence-electron chi connectivity index (χ3n) is 4.46.